The lowest BCUT2D eigenvalue weighted by Crippen LogP contribution is -2.32. The monoisotopic (exact) mass is 382 g/mol. The van der Waals surface area contributed by atoms with Crippen molar-refractivity contribution in [2.75, 3.05) is 0 Å². The molecule has 1 heterocycles. The summed E-state index contributed by atoms with van der Waals surface area (Å²) in [5.41, 5.74) is 3.12. The summed E-state index contributed by atoms with van der Waals surface area (Å²) in [6.45, 7) is 6.00. The average Bonchev–Trinajstić information content (AvgIpc) is 3.04. The zero-order chi connectivity index (χ0) is 19.4. The molecule has 0 saturated carbocycles. The van der Waals surface area contributed by atoms with E-state index in [4.69, 9.17) is 21.4 Å². The summed E-state index contributed by atoms with van der Waals surface area (Å²) in [6.07, 6.45) is 0. The molecule has 5 heteroatoms. The first kappa shape index (κ1) is 19.3. The largest absolute Gasteiger partial charge is 0.361 e. The fourth-order valence-corrected chi connectivity index (χ4v) is 2.75. The third-order valence-electron chi connectivity index (χ3n) is 4.57. The molecule has 0 unspecified atom stereocenters. The van der Waals surface area contributed by atoms with Gasteiger partial charge in [0.15, 0.2) is 5.78 Å². The van der Waals surface area contributed by atoms with Crippen LogP contribution in [0.15, 0.2) is 60.7 Å². The Morgan fingerprint density at radius 2 is 1.78 bits per heavy atom. The van der Waals surface area contributed by atoms with Gasteiger partial charge in [-0.15, -0.1) is 0 Å². The van der Waals surface area contributed by atoms with E-state index in [1.165, 1.54) is 6.92 Å². The highest BCUT2D eigenvalue weighted by molar-refractivity contribution is 6.30. The minimum absolute atomic E-state index is 0.0101. The topological polar surface area (TPSA) is 44.1 Å². The van der Waals surface area contributed by atoms with Crippen LogP contribution in [-0.2, 0) is 22.7 Å². The normalized spacial score (nSPS) is 11.6. The minimum atomic E-state index is -0.830. The zero-order valence-corrected chi connectivity index (χ0v) is 16.5. The summed E-state index contributed by atoms with van der Waals surface area (Å²) < 4.78 is 7.76. The molecule has 0 N–H and O–H groups in total. The van der Waals surface area contributed by atoms with E-state index in [9.17, 15) is 4.79 Å². The number of benzene rings is 2. The van der Waals surface area contributed by atoms with Gasteiger partial charge in [0.05, 0.1) is 24.5 Å². The molecule has 0 atom stereocenters. The molecule has 0 bridgehead atoms. The van der Waals surface area contributed by atoms with E-state index in [2.05, 4.69) is 12.1 Å². The summed E-state index contributed by atoms with van der Waals surface area (Å²) in [5, 5.41) is 5.41. The zero-order valence-electron chi connectivity index (χ0n) is 15.8. The number of carbonyl (C=O) groups excluding carboxylic acids is 1. The van der Waals surface area contributed by atoms with Gasteiger partial charge in [-0.05, 0) is 50.1 Å². The van der Waals surface area contributed by atoms with Crippen molar-refractivity contribution in [3.05, 3.63) is 76.9 Å². The molecule has 0 saturated heterocycles. The standard InChI is InChI=1S/C22H23ClN2O2/c1-16(26)22(2,3)27-15-20-13-21(18-9-11-19(23)12-10-18)25(24-20)14-17-7-5-4-6-8-17/h4-13H,14-15H2,1-3H3. The molecular weight excluding hydrogens is 360 g/mol. The molecule has 0 amide bonds. The Hall–Kier alpha value is -2.43. The predicted molar refractivity (Wildman–Crippen MR) is 108 cm³/mol. The molecular formula is C22H23ClN2O2. The van der Waals surface area contributed by atoms with Crippen LogP contribution in [-0.4, -0.2) is 21.2 Å². The fourth-order valence-electron chi connectivity index (χ4n) is 2.63. The number of ether oxygens (including phenoxy) is 1. The van der Waals surface area contributed by atoms with Crippen LogP contribution in [0.2, 0.25) is 5.02 Å². The Balaban J connectivity index is 1.91. The van der Waals surface area contributed by atoms with Gasteiger partial charge in [0, 0.05) is 5.02 Å². The molecule has 2 aromatic carbocycles. The van der Waals surface area contributed by atoms with E-state index in [0.29, 0.717) is 11.6 Å². The van der Waals surface area contributed by atoms with Gasteiger partial charge in [0.1, 0.15) is 5.60 Å². The maximum Gasteiger partial charge on any atom is 0.161 e. The van der Waals surface area contributed by atoms with E-state index in [-0.39, 0.29) is 12.4 Å². The number of rotatable bonds is 7. The summed E-state index contributed by atoms with van der Waals surface area (Å²) in [6, 6.07) is 19.9. The molecule has 0 fully saturated rings. The van der Waals surface area contributed by atoms with Crippen LogP contribution in [0.3, 0.4) is 0 Å². The first-order valence-electron chi connectivity index (χ1n) is 8.87. The van der Waals surface area contributed by atoms with Crippen LogP contribution in [0.1, 0.15) is 32.0 Å². The SMILES string of the molecule is CC(=O)C(C)(C)OCc1cc(-c2ccc(Cl)cc2)n(Cc2ccccc2)n1. The Morgan fingerprint density at radius 1 is 1.11 bits per heavy atom. The van der Waals surface area contributed by atoms with Crippen molar-refractivity contribution in [1.82, 2.24) is 9.78 Å². The van der Waals surface area contributed by atoms with Crippen LogP contribution in [0.5, 0.6) is 0 Å². The number of Topliss-reactive ketones (excluding diaryl/α,β-unsaturated/α-hetero) is 1. The van der Waals surface area contributed by atoms with Gasteiger partial charge >= 0.3 is 0 Å². The fraction of sp³-hybridized carbons (Fsp3) is 0.273. The van der Waals surface area contributed by atoms with Crippen LogP contribution in [0, 0.1) is 0 Å². The lowest BCUT2D eigenvalue weighted by Gasteiger charge is -2.21. The molecule has 0 aliphatic rings. The van der Waals surface area contributed by atoms with Crippen molar-refractivity contribution in [2.45, 2.75) is 39.5 Å². The number of aromatic nitrogens is 2. The Labute approximate surface area is 164 Å². The van der Waals surface area contributed by atoms with E-state index in [1.807, 2.05) is 53.2 Å². The number of hydrogen-bond donors (Lipinski definition) is 0. The van der Waals surface area contributed by atoms with Crippen molar-refractivity contribution in [3.8, 4) is 11.3 Å². The summed E-state index contributed by atoms with van der Waals surface area (Å²) in [7, 11) is 0. The number of hydrogen-bond acceptors (Lipinski definition) is 3. The quantitative estimate of drug-likeness (QED) is 0.568. The predicted octanol–water partition coefficient (Wildman–Crippen LogP) is 5.14. The number of carbonyl (C=O) groups is 1. The number of halogens is 1. The lowest BCUT2D eigenvalue weighted by atomic mass is 10.1. The number of nitrogens with zero attached hydrogens (tertiary/aromatic N) is 2. The van der Waals surface area contributed by atoms with Crippen LogP contribution < -0.4 is 0 Å². The summed E-state index contributed by atoms with van der Waals surface area (Å²) >= 11 is 6.03. The first-order valence-corrected chi connectivity index (χ1v) is 9.24. The Bertz CT molecular complexity index is 915. The van der Waals surface area contributed by atoms with Crippen molar-refractivity contribution < 1.29 is 9.53 Å². The van der Waals surface area contributed by atoms with Gasteiger partial charge in [-0.3, -0.25) is 9.48 Å². The second-order valence-corrected chi connectivity index (χ2v) is 7.46. The third kappa shape index (κ3) is 4.85. The highest BCUT2D eigenvalue weighted by Crippen LogP contribution is 2.25. The van der Waals surface area contributed by atoms with Crippen molar-refractivity contribution in [3.63, 3.8) is 0 Å². The molecule has 0 aliphatic carbocycles. The average molecular weight is 383 g/mol. The Kier molecular flexibility index (Phi) is 5.78. The second kappa shape index (κ2) is 8.07. The highest BCUT2D eigenvalue weighted by Gasteiger charge is 2.25. The van der Waals surface area contributed by atoms with Crippen molar-refractivity contribution >= 4 is 17.4 Å². The van der Waals surface area contributed by atoms with Crippen molar-refractivity contribution in [2.24, 2.45) is 0 Å². The van der Waals surface area contributed by atoms with Gasteiger partial charge in [0.25, 0.3) is 0 Å². The smallest absolute Gasteiger partial charge is 0.161 e. The van der Waals surface area contributed by atoms with Gasteiger partial charge in [-0.25, -0.2) is 0 Å². The first-order chi connectivity index (χ1) is 12.8. The molecule has 4 nitrogen and oxygen atoms in total. The molecule has 0 radical (unpaired) electrons. The Morgan fingerprint density at radius 3 is 2.41 bits per heavy atom. The molecule has 0 aliphatic heterocycles. The van der Waals surface area contributed by atoms with E-state index in [1.54, 1.807) is 13.8 Å². The maximum atomic E-state index is 11.7. The molecule has 3 rings (SSSR count). The van der Waals surface area contributed by atoms with E-state index >= 15 is 0 Å². The molecule has 1 aromatic heterocycles. The van der Waals surface area contributed by atoms with Gasteiger partial charge in [-0.1, -0.05) is 54.1 Å². The van der Waals surface area contributed by atoms with Gasteiger partial charge in [0.2, 0.25) is 0 Å². The maximum absolute atomic E-state index is 11.7. The van der Waals surface area contributed by atoms with Gasteiger partial charge in [-0.2, -0.15) is 5.10 Å². The van der Waals surface area contributed by atoms with Crippen LogP contribution in [0.4, 0.5) is 0 Å². The molecule has 3 aromatic rings. The minimum Gasteiger partial charge on any atom is -0.361 e. The van der Waals surface area contributed by atoms with Crippen molar-refractivity contribution in [1.29, 1.82) is 0 Å². The van der Waals surface area contributed by atoms with E-state index < -0.39 is 5.60 Å². The van der Waals surface area contributed by atoms with Crippen LogP contribution in [0.25, 0.3) is 11.3 Å². The van der Waals surface area contributed by atoms with E-state index in [0.717, 1.165) is 22.5 Å². The molecule has 0 spiro atoms. The number of ketones is 1. The summed E-state index contributed by atoms with van der Waals surface area (Å²) in [4.78, 5) is 11.7. The molecule has 27 heavy (non-hydrogen) atoms. The van der Waals surface area contributed by atoms with Gasteiger partial charge < -0.3 is 4.74 Å². The third-order valence-corrected chi connectivity index (χ3v) is 4.83. The summed E-state index contributed by atoms with van der Waals surface area (Å²) in [5.74, 6) is -0.0101. The lowest BCUT2D eigenvalue weighted by molar-refractivity contribution is -0.139. The second-order valence-electron chi connectivity index (χ2n) is 7.03. The molecule has 140 valence electrons. The van der Waals surface area contributed by atoms with Crippen LogP contribution >= 0.6 is 11.6 Å². The highest BCUT2D eigenvalue weighted by atomic mass is 35.5.